The molecule has 7 heteroatoms. The Morgan fingerprint density at radius 1 is 1.29 bits per heavy atom. The van der Waals surface area contributed by atoms with Gasteiger partial charge in [-0.05, 0) is 23.7 Å². The van der Waals surface area contributed by atoms with Crippen LogP contribution in [-0.2, 0) is 0 Å². The molecule has 5 nitrogen and oxygen atoms in total. The molecule has 2 rings (SSSR count). The molecule has 86 valence electrons. The SMILES string of the molecule is O=C(Nc1ccnc(Cl)n1)c1ccnc(F)c1. The predicted octanol–water partition coefficient (Wildman–Crippen LogP) is 1.92. The highest BCUT2D eigenvalue weighted by Gasteiger charge is 2.08. The predicted molar refractivity (Wildman–Crippen MR) is 59.2 cm³/mol. The van der Waals surface area contributed by atoms with Crippen LogP contribution >= 0.6 is 11.6 Å². The molecule has 0 saturated heterocycles. The van der Waals surface area contributed by atoms with Crippen molar-refractivity contribution in [2.24, 2.45) is 0 Å². The Hall–Kier alpha value is -2.08. The number of carbonyl (C=O) groups excluding carboxylic acids is 1. The normalized spacial score (nSPS) is 10.0. The number of nitrogens with one attached hydrogen (secondary N) is 1. The molecule has 0 fully saturated rings. The van der Waals surface area contributed by atoms with Crippen LogP contribution < -0.4 is 5.32 Å². The summed E-state index contributed by atoms with van der Waals surface area (Å²) in [6.45, 7) is 0. The summed E-state index contributed by atoms with van der Waals surface area (Å²) in [6, 6.07) is 3.89. The van der Waals surface area contributed by atoms with Crippen molar-refractivity contribution in [3.8, 4) is 0 Å². The number of rotatable bonds is 2. The Morgan fingerprint density at radius 3 is 2.76 bits per heavy atom. The van der Waals surface area contributed by atoms with E-state index in [4.69, 9.17) is 11.6 Å². The van der Waals surface area contributed by atoms with E-state index in [-0.39, 0.29) is 16.7 Å². The van der Waals surface area contributed by atoms with Gasteiger partial charge in [-0.3, -0.25) is 4.79 Å². The van der Waals surface area contributed by atoms with Crippen molar-refractivity contribution in [3.05, 3.63) is 47.4 Å². The summed E-state index contributed by atoms with van der Waals surface area (Å²) >= 11 is 5.56. The molecular formula is C10H6ClFN4O. The van der Waals surface area contributed by atoms with Crippen LogP contribution in [-0.4, -0.2) is 20.9 Å². The molecule has 2 aromatic rings. The zero-order valence-corrected chi connectivity index (χ0v) is 9.15. The Morgan fingerprint density at radius 2 is 2.06 bits per heavy atom. The second kappa shape index (κ2) is 4.84. The van der Waals surface area contributed by atoms with E-state index in [1.165, 1.54) is 24.5 Å². The van der Waals surface area contributed by atoms with Gasteiger partial charge in [-0.15, -0.1) is 0 Å². The molecule has 0 unspecified atom stereocenters. The average molecular weight is 253 g/mol. The molecule has 0 aliphatic heterocycles. The molecule has 0 aromatic carbocycles. The van der Waals surface area contributed by atoms with Gasteiger partial charge in [-0.25, -0.2) is 15.0 Å². The summed E-state index contributed by atoms with van der Waals surface area (Å²) in [4.78, 5) is 22.5. The third-order valence-electron chi connectivity index (χ3n) is 1.86. The molecule has 0 aliphatic rings. The maximum Gasteiger partial charge on any atom is 0.257 e. The molecule has 0 bridgehead atoms. The van der Waals surface area contributed by atoms with Crippen LogP contribution in [0.3, 0.4) is 0 Å². The van der Waals surface area contributed by atoms with E-state index in [1.54, 1.807) is 0 Å². The molecule has 1 N–H and O–H groups in total. The number of anilines is 1. The zero-order chi connectivity index (χ0) is 12.3. The lowest BCUT2D eigenvalue weighted by molar-refractivity contribution is 0.102. The minimum absolute atomic E-state index is 0.0173. The maximum absolute atomic E-state index is 12.8. The molecule has 2 aromatic heterocycles. The van der Waals surface area contributed by atoms with Gasteiger partial charge in [0.2, 0.25) is 11.2 Å². The fourth-order valence-corrected chi connectivity index (χ4v) is 1.28. The first-order chi connectivity index (χ1) is 8.15. The molecule has 0 saturated carbocycles. The van der Waals surface area contributed by atoms with E-state index < -0.39 is 11.9 Å². The lowest BCUT2D eigenvalue weighted by Crippen LogP contribution is -2.13. The van der Waals surface area contributed by atoms with Crippen molar-refractivity contribution in [1.29, 1.82) is 0 Å². The molecule has 17 heavy (non-hydrogen) atoms. The first-order valence-electron chi connectivity index (χ1n) is 4.56. The second-order valence-corrected chi connectivity index (χ2v) is 3.37. The number of amides is 1. The van der Waals surface area contributed by atoms with Gasteiger partial charge in [0.15, 0.2) is 0 Å². The van der Waals surface area contributed by atoms with Gasteiger partial charge in [0.25, 0.3) is 5.91 Å². The minimum atomic E-state index is -0.724. The highest BCUT2D eigenvalue weighted by atomic mass is 35.5. The van der Waals surface area contributed by atoms with Crippen LogP contribution in [0.25, 0.3) is 0 Å². The molecule has 0 radical (unpaired) electrons. The van der Waals surface area contributed by atoms with Gasteiger partial charge in [0, 0.05) is 24.0 Å². The number of aromatic nitrogens is 3. The van der Waals surface area contributed by atoms with E-state index in [0.717, 1.165) is 6.07 Å². The van der Waals surface area contributed by atoms with E-state index in [9.17, 15) is 9.18 Å². The van der Waals surface area contributed by atoms with E-state index in [1.807, 2.05) is 0 Å². The lowest BCUT2D eigenvalue weighted by Gasteiger charge is -2.03. The number of nitrogens with zero attached hydrogens (tertiary/aromatic N) is 3. The topological polar surface area (TPSA) is 67.8 Å². The molecule has 2 heterocycles. The van der Waals surface area contributed by atoms with Crippen LogP contribution in [0.4, 0.5) is 10.2 Å². The summed E-state index contributed by atoms with van der Waals surface area (Å²) in [5, 5.41) is 2.47. The first-order valence-corrected chi connectivity index (χ1v) is 4.94. The third-order valence-corrected chi connectivity index (χ3v) is 2.04. The number of hydrogen-bond donors (Lipinski definition) is 1. The third kappa shape index (κ3) is 2.94. The van der Waals surface area contributed by atoms with E-state index >= 15 is 0 Å². The first kappa shape index (κ1) is 11.4. The second-order valence-electron chi connectivity index (χ2n) is 3.03. The Balaban J connectivity index is 2.17. The van der Waals surface area contributed by atoms with Crippen LogP contribution in [0.5, 0.6) is 0 Å². The maximum atomic E-state index is 12.8. The smallest absolute Gasteiger partial charge is 0.257 e. The van der Waals surface area contributed by atoms with Gasteiger partial charge < -0.3 is 5.32 Å². The number of halogens is 2. The number of hydrogen-bond acceptors (Lipinski definition) is 4. The van der Waals surface area contributed by atoms with Crippen molar-refractivity contribution in [2.75, 3.05) is 5.32 Å². The highest BCUT2D eigenvalue weighted by molar-refractivity contribution is 6.28. The van der Waals surface area contributed by atoms with Crippen molar-refractivity contribution in [3.63, 3.8) is 0 Å². The Labute approximate surface area is 101 Å². The van der Waals surface area contributed by atoms with Gasteiger partial charge >= 0.3 is 0 Å². The molecular weight excluding hydrogens is 247 g/mol. The van der Waals surface area contributed by atoms with Crippen LogP contribution in [0.1, 0.15) is 10.4 Å². The van der Waals surface area contributed by atoms with Gasteiger partial charge in [0.1, 0.15) is 5.82 Å². The van der Waals surface area contributed by atoms with Crippen molar-refractivity contribution in [2.45, 2.75) is 0 Å². The number of pyridine rings is 1. The zero-order valence-electron chi connectivity index (χ0n) is 8.39. The van der Waals surface area contributed by atoms with Gasteiger partial charge in [-0.2, -0.15) is 4.39 Å². The van der Waals surface area contributed by atoms with Crippen LogP contribution in [0, 0.1) is 5.95 Å². The van der Waals surface area contributed by atoms with E-state index in [2.05, 4.69) is 20.3 Å². The Kier molecular flexibility index (Phi) is 3.24. The Bertz CT molecular complexity index is 564. The molecule has 1 amide bonds. The molecule has 0 atom stereocenters. The van der Waals surface area contributed by atoms with Crippen molar-refractivity contribution < 1.29 is 9.18 Å². The summed E-state index contributed by atoms with van der Waals surface area (Å²) in [5.74, 6) is -0.980. The highest BCUT2D eigenvalue weighted by Crippen LogP contribution is 2.08. The summed E-state index contributed by atoms with van der Waals surface area (Å²) in [6.07, 6.45) is 2.61. The summed E-state index contributed by atoms with van der Waals surface area (Å²) in [5.41, 5.74) is 0.146. The van der Waals surface area contributed by atoms with Crippen molar-refractivity contribution in [1.82, 2.24) is 15.0 Å². The summed E-state index contributed by atoms with van der Waals surface area (Å²) < 4.78 is 12.8. The fourth-order valence-electron chi connectivity index (χ4n) is 1.14. The molecule has 0 spiro atoms. The monoisotopic (exact) mass is 252 g/mol. The quantitative estimate of drug-likeness (QED) is 0.655. The average Bonchev–Trinajstić information content (AvgIpc) is 2.29. The standard InChI is InChI=1S/C10H6ClFN4O/c11-10-14-4-2-8(16-10)15-9(17)6-1-3-13-7(12)5-6/h1-5H,(H,14,15,16,17). The lowest BCUT2D eigenvalue weighted by atomic mass is 10.2. The van der Waals surface area contributed by atoms with Crippen molar-refractivity contribution >= 4 is 23.3 Å². The van der Waals surface area contributed by atoms with Gasteiger partial charge in [0.05, 0.1) is 0 Å². The fraction of sp³-hybridized carbons (Fsp3) is 0. The van der Waals surface area contributed by atoms with E-state index in [0.29, 0.717) is 0 Å². The number of carbonyl (C=O) groups is 1. The summed E-state index contributed by atoms with van der Waals surface area (Å²) in [7, 11) is 0. The van der Waals surface area contributed by atoms with Gasteiger partial charge in [-0.1, -0.05) is 0 Å². The largest absolute Gasteiger partial charge is 0.306 e. The van der Waals surface area contributed by atoms with Crippen LogP contribution in [0.15, 0.2) is 30.6 Å². The minimum Gasteiger partial charge on any atom is -0.306 e. The molecule has 0 aliphatic carbocycles. The van der Waals surface area contributed by atoms with Crippen LogP contribution in [0.2, 0.25) is 5.28 Å².